The van der Waals surface area contributed by atoms with Crippen molar-refractivity contribution in [1.29, 1.82) is 0 Å². The number of ether oxygens (including phenoxy) is 2. The number of anilines is 1. The second kappa shape index (κ2) is 12.9. The SMILES string of the molecule is CCOC(=O)c1ccc(NC(=O)C2CC(=O)N(Cc3ccc(OC)cc3)C(=Nc3cccc(C(F)(F)F)c3)S2)cc1. The van der Waals surface area contributed by atoms with Crippen LogP contribution in [0.3, 0.4) is 0 Å². The topological polar surface area (TPSA) is 97.3 Å². The summed E-state index contributed by atoms with van der Waals surface area (Å²) in [6.07, 6.45) is -4.73. The molecule has 1 saturated heterocycles. The summed E-state index contributed by atoms with van der Waals surface area (Å²) in [5.41, 5.74) is 0.560. The normalized spacial score (nSPS) is 16.4. The second-order valence-corrected chi connectivity index (χ2v) is 10.0. The lowest BCUT2D eigenvalue weighted by Gasteiger charge is -2.32. The molecule has 0 aromatic heterocycles. The fourth-order valence-corrected chi connectivity index (χ4v) is 5.00. The maximum atomic E-state index is 13.3. The van der Waals surface area contributed by atoms with Gasteiger partial charge in [-0.15, -0.1) is 0 Å². The highest BCUT2D eigenvalue weighted by atomic mass is 32.2. The number of amides is 2. The monoisotopic (exact) mass is 585 g/mol. The molecule has 1 aliphatic heterocycles. The standard InChI is InChI=1S/C29H26F3N3O5S/c1-3-40-27(38)19-9-11-21(12-10-19)33-26(37)24-16-25(36)35(17-18-7-13-23(39-2)14-8-18)28(41-24)34-22-6-4-5-20(15-22)29(30,31)32/h4-15,24H,3,16-17H2,1-2H3,(H,33,37). The maximum absolute atomic E-state index is 13.3. The van der Waals surface area contributed by atoms with Gasteiger partial charge in [-0.2, -0.15) is 13.2 Å². The molecule has 1 aliphatic rings. The van der Waals surface area contributed by atoms with Crippen LogP contribution in [0.5, 0.6) is 5.75 Å². The summed E-state index contributed by atoms with van der Waals surface area (Å²) in [4.78, 5) is 44.0. The first-order valence-electron chi connectivity index (χ1n) is 12.5. The molecule has 3 aromatic carbocycles. The van der Waals surface area contributed by atoms with Gasteiger partial charge in [0.1, 0.15) is 11.0 Å². The molecule has 12 heteroatoms. The van der Waals surface area contributed by atoms with Gasteiger partial charge in [-0.1, -0.05) is 30.0 Å². The van der Waals surface area contributed by atoms with Gasteiger partial charge in [0.25, 0.3) is 0 Å². The molecule has 1 fully saturated rings. The van der Waals surface area contributed by atoms with E-state index in [4.69, 9.17) is 9.47 Å². The number of nitrogens with zero attached hydrogens (tertiary/aromatic N) is 2. The molecular weight excluding hydrogens is 559 g/mol. The van der Waals surface area contributed by atoms with Crippen molar-refractivity contribution in [2.45, 2.75) is 31.3 Å². The molecule has 41 heavy (non-hydrogen) atoms. The quantitative estimate of drug-likeness (QED) is 0.323. The highest BCUT2D eigenvalue weighted by molar-refractivity contribution is 8.15. The summed E-state index contributed by atoms with van der Waals surface area (Å²) in [5.74, 6) is -0.777. The van der Waals surface area contributed by atoms with Gasteiger partial charge in [0.05, 0.1) is 37.1 Å². The Balaban J connectivity index is 1.58. The summed E-state index contributed by atoms with van der Waals surface area (Å²) in [6, 6.07) is 17.5. The van der Waals surface area contributed by atoms with Gasteiger partial charge in [0.2, 0.25) is 11.8 Å². The number of nitrogens with one attached hydrogen (secondary N) is 1. The van der Waals surface area contributed by atoms with E-state index >= 15 is 0 Å². The van der Waals surface area contributed by atoms with Crippen LogP contribution in [0, 0.1) is 0 Å². The summed E-state index contributed by atoms with van der Waals surface area (Å²) in [5, 5.41) is 1.91. The average Bonchev–Trinajstić information content (AvgIpc) is 2.95. The van der Waals surface area contributed by atoms with E-state index in [2.05, 4.69) is 10.3 Å². The first kappa shape index (κ1) is 29.7. The lowest BCUT2D eigenvalue weighted by Crippen LogP contribution is -2.44. The van der Waals surface area contributed by atoms with Crippen molar-refractivity contribution in [3.05, 3.63) is 89.5 Å². The summed E-state index contributed by atoms with van der Waals surface area (Å²) >= 11 is 0.983. The van der Waals surface area contributed by atoms with Gasteiger partial charge in [-0.25, -0.2) is 9.79 Å². The zero-order valence-corrected chi connectivity index (χ0v) is 22.9. The molecule has 0 bridgehead atoms. The zero-order valence-electron chi connectivity index (χ0n) is 22.1. The second-order valence-electron chi connectivity index (χ2n) is 8.87. The van der Waals surface area contributed by atoms with Crippen molar-refractivity contribution in [1.82, 2.24) is 4.90 Å². The lowest BCUT2D eigenvalue weighted by molar-refractivity contribution is -0.137. The highest BCUT2D eigenvalue weighted by Crippen LogP contribution is 2.34. The molecule has 8 nitrogen and oxygen atoms in total. The smallest absolute Gasteiger partial charge is 0.416 e. The van der Waals surface area contributed by atoms with E-state index in [1.165, 1.54) is 48.4 Å². The molecule has 3 aromatic rings. The number of carbonyl (C=O) groups excluding carboxylic acids is 3. The van der Waals surface area contributed by atoms with E-state index in [0.717, 1.165) is 29.5 Å². The molecule has 0 saturated carbocycles. The van der Waals surface area contributed by atoms with Crippen molar-refractivity contribution >= 4 is 46.1 Å². The fourth-order valence-electron chi connectivity index (χ4n) is 3.90. The first-order valence-corrected chi connectivity index (χ1v) is 13.4. The molecule has 4 rings (SSSR count). The van der Waals surface area contributed by atoms with Crippen LogP contribution < -0.4 is 10.1 Å². The minimum Gasteiger partial charge on any atom is -0.497 e. The van der Waals surface area contributed by atoms with Crippen molar-refractivity contribution in [2.75, 3.05) is 19.0 Å². The summed E-state index contributed by atoms with van der Waals surface area (Å²) in [7, 11) is 1.53. The Morgan fingerprint density at radius 2 is 1.78 bits per heavy atom. The number of hydrogen-bond acceptors (Lipinski definition) is 7. The van der Waals surface area contributed by atoms with Crippen LogP contribution >= 0.6 is 11.8 Å². The number of esters is 1. The van der Waals surface area contributed by atoms with E-state index in [0.29, 0.717) is 17.0 Å². The zero-order chi connectivity index (χ0) is 29.6. The van der Waals surface area contributed by atoms with E-state index in [-0.39, 0.29) is 30.4 Å². The third-order valence-corrected chi connectivity index (χ3v) is 7.18. The van der Waals surface area contributed by atoms with Crippen molar-refractivity contribution in [3.8, 4) is 5.75 Å². The van der Waals surface area contributed by atoms with Crippen molar-refractivity contribution in [2.24, 2.45) is 4.99 Å². The van der Waals surface area contributed by atoms with Crippen LogP contribution in [0.2, 0.25) is 0 Å². The number of halogens is 3. The fraction of sp³-hybridized carbons (Fsp3) is 0.241. The Hall–Kier alpha value is -4.32. The van der Waals surface area contributed by atoms with Gasteiger partial charge in [-0.05, 0) is 67.1 Å². The average molecular weight is 586 g/mol. The highest BCUT2D eigenvalue weighted by Gasteiger charge is 2.36. The number of alkyl halides is 3. The van der Waals surface area contributed by atoms with Crippen LogP contribution in [0.15, 0.2) is 77.8 Å². The summed E-state index contributed by atoms with van der Waals surface area (Å²) < 4.78 is 50.1. The van der Waals surface area contributed by atoms with Crippen LogP contribution in [0.4, 0.5) is 24.5 Å². The Labute approximate surface area is 238 Å². The number of hydrogen-bond donors (Lipinski definition) is 1. The minimum absolute atomic E-state index is 0.00883. The van der Waals surface area contributed by atoms with Crippen LogP contribution in [0.1, 0.15) is 34.8 Å². The Morgan fingerprint density at radius 1 is 1.07 bits per heavy atom. The molecule has 2 amide bonds. The first-order chi connectivity index (χ1) is 19.6. The number of thioether (sulfide) groups is 1. The number of aliphatic imine (C=N–C) groups is 1. The Morgan fingerprint density at radius 3 is 2.41 bits per heavy atom. The van der Waals surface area contributed by atoms with Crippen molar-refractivity contribution in [3.63, 3.8) is 0 Å². The van der Waals surface area contributed by atoms with Crippen molar-refractivity contribution < 1.29 is 37.0 Å². The number of methoxy groups -OCH3 is 1. The van der Waals surface area contributed by atoms with Gasteiger partial charge < -0.3 is 14.8 Å². The predicted octanol–water partition coefficient (Wildman–Crippen LogP) is 6.05. The van der Waals surface area contributed by atoms with E-state index in [1.807, 2.05) is 0 Å². The van der Waals surface area contributed by atoms with E-state index in [9.17, 15) is 27.6 Å². The summed E-state index contributed by atoms with van der Waals surface area (Å²) in [6.45, 7) is 2.01. The Kier molecular flexibility index (Phi) is 9.33. The number of rotatable bonds is 8. The van der Waals surface area contributed by atoms with Gasteiger partial charge in [0, 0.05) is 12.1 Å². The molecule has 1 unspecified atom stereocenters. The molecule has 214 valence electrons. The molecule has 1 N–H and O–H groups in total. The van der Waals surface area contributed by atoms with Gasteiger partial charge in [0.15, 0.2) is 5.17 Å². The molecule has 1 heterocycles. The third-order valence-electron chi connectivity index (χ3n) is 5.99. The number of amidine groups is 1. The molecule has 1 atom stereocenters. The third kappa shape index (κ3) is 7.66. The molecular formula is C29H26F3N3O5S. The van der Waals surface area contributed by atoms with Crippen LogP contribution in [-0.2, 0) is 27.0 Å². The molecule has 0 aliphatic carbocycles. The number of benzene rings is 3. The Bertz CT molecular complexity index is 1440. The minimum atomic E-state index is -4.57. The lowest BCUT2D eigenvalue weighted by atomic mass is 10.1. The van der Waals surface area contributed by atoms with Crippen LogP contribution in [0.25, 0.3) is 0 Å². The van der Waals surface area contributed by atoms with E-state index < -0.39 is 34.8 Å². The van der Waals surface area contributed by atoms with E-state index in [1.54, 1.807) is 31.2 Å². The number of carbonyl (C=O) groups is 3. The van der Waals surface area contributed by atoms with Crippen LogP contribution in [-0.4, -0.2) is 46.8 Å². The largest absolute Gasteiger partial charge is 0.497 e. The molecule has 0 spiro atoms. The van der Waals surface area contributed by atoms with Gasteiger partial charge >= 0.3 is 12.1 Å². The predicted molar refractivity (Wildman–Crippen MR) is 149 cm³/mol. The maximum Gasteiger partial charge on any atom is 0.416 e. The molecule has 0 radical (unpaired) electrons. The van der Waals surface area contributed by atoms with Gasteiger partial charge in [-0.3, -0.25) is 14.5 Å².